The van der Waals surface area contributed by atoms with E-state index in [2.05, 4.69) is 11.1 Å². The summed E-state index contributed by atoms with van der Waals surface area (Å²) in [5.74, 6) is 0.470. The van der Waals surface area contributed by atoms with Crippen LogP contribution < -0.4 is 0 Å². The quantitative estimate of drug-likeness (QED) is 0.495. The smallest absolute Gasteiger partial charge is 0.222 e. The number of nitrogens with zero attached hydrogens (tertiary/aromatic N) is 2. The fourth-order valence-corrected chi connectivity index (χ4v) is 4.84. The number of nitrogens with one attached hydrogen (secondary N) is 1. The number of hydrogen-bond acceptors (Lipinski definition) is 4. The number of halogens is 1. The van der Waals surface area contributed by atoms with Gasteiger partial charge in [0.05, 0.1) is 16.0 Å². The van der Waals surface area contributed by atoms with Crippen LogP contribution in [0.1, 0.15) is 29.5 Å². The zero-order valence-corrected chi connectivity index (χ0v) is 15.9. The van der Waals surface area contributed by atoms with Gasteiger partial charge in [0.25, 0.3) is 0 Å². The minimum absolute atomic E-state index is 0.0739. The van der Waals surface area contributed by atoms with Crippen LogP contribution in [-0.2, 0) is 16.3 Å². The topological polar surface area (TPSA) is 97.5 Å². The molecule has 3 aromatic rings. The lowest BCUT2D eigenvalue weighted by atomic mass is 9.99. The van der Waals surface area contributed by atoms with Gasteiger partial charge < -0.3 is 4.98 Å². The SMILES string of the molecule is N#Cc1ccc2[nH]c(S(=O)(=O)c3ccccc3)c(CCCCCl)c2c1C#N. The number of aromatic nitrogens is 1. The Morgan fingerprint density at radius 3 is 2.37 bits per heavy atom. The molecule has 0 saturated carbocycles. The summed E-state index contributed by atoms with van der Waals surface area (Å²) in [7, 11) is -3.79. The summed E-state index contributed by atoms with van der Waals surface area (Å²) in [6.45, 7) is 0. The molecule has 3 rings (SSSR count). The van der Waals surface area contributed by atoms with Crippen molar-refractivity contribution >= 4 is 32.3 Å². The van der Waals surface area contributed by atoms with E-state index in [0.717, 1.165) is 6.42 Å². The van der Waals surface area contributed by atoms with Gasteiger partial charge in [-0.25, -0.2) is 8.42 Å². The summed E-state index contributed by atoms with van der Waals surface area (Å²) in [6.07, 6.45) is 1.84. The molecule has 0 aliphatic carbocycles. The van der Waals surface area contributed by atoms with Crippen LogP contribution in [0.15, 0.2) is 52.4 Å². The number of hydrogen-bond donors (Lipinski definition) is 1. The largest absolute Gasteiger partial charge is 0.345 e. The average molecular weight is 398 g/mol. The van der Waals surface area contributed by atoms with Crippen molar-refractivity contribution in [2.45, 2.75) is 29.2 Å². The second-order valence-corrected chi connectivity index (χ2v) is 8.29. The van der Waals surface area contributed by atoms with Gasteiger partial charge in [-0.05, 0) is 49.1 Å². The molecule has 1 aromatic heterocycles. The van der Waals surface area contributed by atoms with Gasteiger partial charge in [0.2, 0.25) is 9.84 Å². The van der Waals surface area contributed by atoms with E-state index in [9.17, 15) is 18.9 Å². The normalized spacial score (nSPS) is 11.2. The molecule has 1 heterocycles. The maximum Gasteiger partial charge on any atom is 0.222 e. The van der Waals surface area contributed by atoms with Crippen molar-refractivity contribution in [2.24, 2.45) is 0 Å². The van der Waals surface area contributed by atoms with Crippen molar-refractivity contribution in [1.29, 1.82) is 10.5 Å². The number of H-pyrrole nitrogens is 1. The van der Waals surface area contributed by atoms with E-state index < -0.39 is 9.84 Å². The summed E-state index contributed by atoms with van der Waals surface area (Å²) < 4.78 is 26.4. The van der Waals surface area contributed by atoms with Crippen molar-refractivity contribution in [3.63, 3.8) is 0 Å². The van der Waals surface area contributed by atoms with Crippen molar-refractivity contribution in [1.82, 2.24) is 4.98 Å². The summed E-state index contributed by atoms with van der Waals surface area (Å²) in [5.41, 5.74) is 1.49. The van der Waals surface area contributed by atoms with Gasteiger partial charge in [-0.1, -0.05) is 18.2 Å². The minimum Gasteiger partial charge on any atom is -0.345 e. The van der Waals surface area contributed by atoms with Crippen LogP contribution >= 0.6 is 11.6 Å². The van der Waals surface area contributed by atoms with Gasteiger partial charge in [0.1, 0.15) is 17.2 Å². The third kappa shape index (κ3) is 3.42. The predicted octanol–water partition coefficient (Wildman–Crippen LogP) is 4.31. The van der Waals surface area contributed by atoms with Crippen LogP contribution in [0, 0.1) is 22.7 Å². The molecule has 136 valence electrons. The molecule has 1 N–H and O–H groups in total. The molecule has 0 aliphatic heterocycles. The number of aryl methyl sites for hydroxylation is 1. The van der Waals surface area contributed by atoms with Crippen LogP contribution in [0.2, 0.25) is 0 Å². The Bertz CT molecular complexity index is 1170. The van der Waals surface area contributed by atoms with Crippen LogP contribution in [0.3, 0.4) is 0 Å². The lowest BCUT2D eigenvalue weighted by Crippen LogP contribution is -2.05. The lowest BCUT2D eigenvalue weighted by molar-refractivity contribution is 0.591. The maximum absolute atomic E-state index is 13.2. The van der Waals surface area contributed by atoms with E-state index >= 15 is 0 Å². The number of rotatable bonds is 6. The lowest BCUT2D eigenvalue weighted by Gasteiger charge is -2.07. The number of fused-ring (bicyclic) bond motifs is 1. The Balaban J connectivity index is 2.31. The number of aromatic amines is 1. The molecule has 0 aliphatic rings. The molecule has 27 heavy (non-hydrogen) atoms. The monoisotopic (exact) mass is 397 g/mol. The van der Waals surface area contributed by atoms with E-state index in [4.69, 9.17) is 11.6 Å². The van der Waals surface area contributed by atoms with Crippen molar-refractivity contribution in [3.05, 3.63) is 59.2 Å². The van der Waals surface area contributed by atoms with Crippen molar-refractivity contribution in [2.75, 3.05) is 5.88 Å². The van der Waals surface area contributed by atoms with Crippen LogP contribution in [0.5, 0.6) is 0 Å². The highest BCUT2D eigenvalue weighted by molar-refractivity contribution is 7.91. The van der Waals surface area contributed by atoms with Gasteiger partial charge >= 0.3 is 0 Å². The predicted molar refractivity (Wildman–Crippen MR) is 103 cm³/mol. The molecule has 7 heteroatoms. The number of alkyl halides is 1. The summed E-state index contributed by atoms with van der Waals surface area (Å²) in [6, 6.07) is 15.4. The average Bonchev–Trinajstić information content (AvgIpc) is 3.07. The van der Waals surface area contributed by atoms with Crippen LogP contribution in [-0.4, -0.2) is 19.3 Å². The Labute approximate surface area is 162 Å². The first-order valence-electron chi connectivity index (χ1n) is 8.38. The Kier molecular flexibility index (Phi) is 5.51. The molecule has 0 amide bonds. The fraction of sp³-hybridized carbons (Fsp3) is 0.200. The van der Waals surface area contributed by atoms with Gasteiger partial charge in [0.15, 0.2) is 0 Å². The molecule has 0 atom stereocenters. The summed E-state index contributed by atoms with van der Waals surface area (Å²) in [5, 5.41) is 19.5. The van der Waals surface area contributed by atoms with Crippen LogP contribution in [0.25, 0.3) is 10.9 Å². The zero-order valence-electron chi connectivity index (χ0n) is 14.4. The van der Waals surface area contributed by atoms with E-state index in [0.29, 0.717) is 35.2 Å². The first-order valence-corrected chi connectivity index (χ1v) is 10.4. The first-order chi connectivity index (χ1) is 13.0. The van der Waals surface area contributed by atoms with E-state index in [1.807, 2.05) is 6.07 Å². The van der Waals surface area contributed by atoms with Gasteiger partial charge in [0, 0.05) is 16.8 Å². The first kappa shape index (κ1) is 19.0. The van der Waals surface area contributed by atoms with E-state index in [-0.39, 0.29) is 21.0 Å². The molecule has 2 aromatic carbocycles. The number of unbranched alkanes of at least 4 members (excludes halogenated alkanes) is 1. The molecular formula is C20H16ClN3O2S. The molecular weight excluding hydrogens is 382 g/mol. The van der Waals surface area contributed by atoms with Crippen molar-refractivity contribution in [3.8, 4) is 12.1 Å². The molecule has 0 saturated heterocycles. The molecule has 5 nitrogen and oxygen atoms in total. The van der Waals surface area contributed by atoms with E-state index in [1.54, 1.807) is 24.3 Å². The molecule has 0 bridgehead atoms. The van der Waals surface area contributed by atoms with E-state index in [1.165, 1.54) is 18.2 Å². The highest BCUT2D eigenvalue weighted by Crippen LogP contribution is 2.34. The third-order valence-corrected chi connectivity index (χ3v) is 6.44. The molecule has 0 unspecified atom stereocenters. The summed E-state index contributed by atoms with van der Waals surface area (Å²) in [4.78, 5) is 3.15. The maximum atomic E-state index is 13.2. The number of benzene rings is 2. The number of nitriles is 2. The highest BCUT2D eigenvalue weighted by Gasteiger charge is 2.27. The Morgan fingerprint density at radius 2 is 1.74 bits per heavy atom. The second kappa shape index (κ2) is 7.84. The Hall–Kier alpha value is -2.80. The third-order valence-electron chi connectivity index (χ3n) is 4.39. The van der Waals surface area contributed by atoms with Crippen LogP contribution in [0.4, 0.5) is 0 Å². The second-order valence-electron chi connectivity index (χ2n) is 6.03. The van der Waals surface area contributed by atoms with Gasteiger partial charge in [-0.2, -0.15) is 10.5 Å². The van der Waals surface area contributed by atoms with Gasteiger partial charge in [-0.3, -0.25) is 0 Å². The molecule has 0 radical (unpaired) electrons. The minimum atomic E-state index is -3.79. The van der Waals surface area contributed by atoms with Gasteiger partial charge in [-0.15, -0.1) is 11.6 Å². The highest BCUT2D eigenvalue weighted by atomic mass is 35.5. The van der Waals surface area contributed by atoms with Crippen molar-refractivity contribution < 1.29 is 8.42 Å². The standard InChI is InChI=1S/C20H16ClN3O2S/c21-11-5-4-8-16-19-17(13-23)14(12-22)9-10-18(19)24-20(16)27(25,26)15-6-2-1-3-7-15/h1-3,6-7,9-10,24H,4-5,8,11H2. The fourth-order valence-electron chi connectivity index (χ4n) is 3.12. The molecule has 0 fully saturated rings. The molecule has 0 spiro atoms. The summed E-state index contributed by atoms with van der Waals surface area (Å²) >= 11 is 5.77. The Morgan fingerprint density at radius 1 is 1.00 bits per heavy atom. The number of sulfone groups is 1. The zero-order chi connectivity index (χ0) is 19.4.